The summed E-state index contributed by atoms with van der Waals surface area (Å²) in [5.41, 5.74) is 0.0324. The second-order valence-corrected chi connectivity index (χ2v) is 4.32. The number of hydrogen-bond donors (Lipinski definition) is 1. The lowest BCUT2D eigenvalue weighted by molar-refractivity contribution is -0.193. The van der Waals surface area contributed by atoms with Gasteiger partial charge in [0.15, 0.2) is 0 Å². The monoisotopic (exact) mass is 195 g/mol. The van der Waals surface area contributed by atoms with Gasteiger partial charge >= 0.3 is 6.18 Å². The van der Waals surface area contributed by atoms with Crippen molar-refractivity contribution >= 4 is 0 Å². The third-order valence-corrected chi connectivity index (χ3v) is 2.86. The van der Waals surface area contributed by atoms with Crippen molar-refractivity contribution in [3.63, 3.8) is 0 Å². The Hall–Kier alpha value is -0.290. The maximum Gasteiger partial charge on any atom is 0.401 e. The fraction of sp³-hybridized carbons (Fsp3) is 1.00. The molecule has 13 heavy (non-hydrogen) atoms. The lowest BCUT2D eigenvalue weighted by Gasteiger charge is -2.57. The van der Waals surface area contributed by atoms with Crippen LogP contribution in [0.25, 0.3) is 0 Å². The zero-order valence-corrected chi connectivity index (χ0v) is 7.14. The van der Waals surface area contributed by atoms with Crippen molar-refractivity contribution in [2.45, 2.75) is 25.1 Å². The fourth-order valence-electron chi connectivity index (χ4n) is 2.47. The number of aliphatic hydroxyl groups is 1. The molecular weight excluding hydrogens is 183 g/mol. The van der Waals surface area contributed by atoms with E-state index < -0.39 is 12.7 Å². The zero-order chi connectivity index (χ0) is 9.69. The molecule has 1 aliphatic carbocycles. The van der Waals surface area contributed by atoms with Crippen molar-refractivity contribution in [1.29, 1.82) is 0 Å². The van der Waals surface area contributed by atoms with Crippen molar-refractivity contribution in [1.82, 2.24) is 4.90 Å². The number of likely N-dealkylation sites (tertiary alicyclic amines) is 1. The van der Waals surface area contributed by atoms with Crippen molar-refractivity contribution in [3.05, 3.63) is 0 Å². The van der Waals surface area contributed by atoms with Crippen LogP contribution in [0, 0.1) is 5.41 Å². The van der Waals surface area contributed by atoms with E-state index in [1.807, 2.05) is 0 Å². The maximum atomic E-state index is 11.9. The van der Waals surface area contributed by atoms with E-state index in [2.05, 4.69) is 0 Å². The Morgan fingerprint density at radius 1 is 1.31 bits per heavy atom. The molecule has 2 fully saturated rings. The van der Waals surface area contributed by atoms with E-state index in [-0.39, 0.29) is 11.5 Å². The van der Waals surface area contributed by atoms with Crippen LogP contribution in [0.4, 0.5) is 13.2 Å². The first kappa shape index (κ1) is 9.27. The van der Waals surface area contributed by atoms with Gasteiger partial charge in [0.25, 0.3) is 0 Å². The van der Waals surface area contributed by atoms with Gasteiger partial charge in [0.05, 0.1) is 12.6 Å². The van der Waals surface area contributed by atoms with Crippen LogP contribution in [0.15, 0.2) is 0 Å². The minimum absolute atomic E-state index is 0.0324. The van der Waals surface area contributed by atoms with Crippen molar-refractivity contribution in [2.24, 2.45) is 5.41 Å². The van der Waals surface area contributed by atoms with Gasteiger partial charge in [-0.15, -0.1) is 0 Å². The molecule has 1 saturated heterocycles. The number of hydrogen-bond acceptors (Lipinski definition) is 2. The summed E-state index contributed by atoms with van der Waals surface area (Å²) in [6, 6.07) is 0. The smallest absolute Gasteiger partial charge is 0.393 e. The van der Waals surface area contributed by atoms with Crippen molar-refractivity contribution < 1.29 is 18.3 Å². The summed E-state index contributed by atoms with van der Waals surface area (Å²) in [6.45, 7) is 0.206. The van der Waals surface area contributed by atoms with Crippen LogP contribution in [0.3, 0.4) is 0 Å². The van der Waals surface area contributed by atoms with Gasteiger partial charge in [-0.25, -0.2) is 0 Å². The lowest BCUT2D eigenvalue weighted by Crippen LogP contribution is -2.64. The van der Waals surface area contributed by atoms with Gasteiger partial charge in [-0.1, -0.05) is 0 Å². The number of halogens is 3. The Labute approximate surface area is 74.3 Å². The van der Waals surface area contributed by atoms with Crippen LogP contribution in [0.1, 0.15) is 12.8 Å². The van der Waals surface area contributed by atoms with Crippen LogP contribution in [-0.2, 0) is 0 Å². The summed E-state index contributed by atoms with van der Waals surface area (Å²) in [6.07, 6.45) is -2.99. The standard InChI is InChI=1S/C8H12F3NO/c9-8(10,11)5-12-3-7(4-12)1-6(13)2-7/h6,13H,1-5H2. The summed E-state index contributed by atoms with van der Waals surface area (Å²) in [4.78, 5) is 1.39. The Balaban J connectivity index is 1.73. The molecule has 76 valence electrons. The van der Waals surface area contributed by atoms with Gasteiger partial charge in [-0.2, -0.15) is 13.2 Å². The predicted molar refractivity (Wildman–Crippen MR) is 40.2 cm³/mol. The summed E-state index contributed by atoms with van der Waals surface area (Å²) >= 11 is 0. The quantitative estimate of drug-likeness (QED) is 0.674. The molecule has 2 aliphatic rings. The third-order valence-electron chi connectivity index (χ3n) is 2.86. The van der Waals surface area contributed by atoms with E-state index in [1.54, 1.807) is 0 Å². The second-order valence-electron chi connectivity index (χ2n) is 4.32. The van der Waals surface area contributed by atoms with Gasteiger partial charge in [0, 0.05) is 18.5 Å². The molecule has 0 radical (unpaired) electrons. The Morgan fingerprint density at radius 2 is 1.85 bits per heavy atom. The van der Waals surface area contributed by atoms with E-state index in [0.717, 1.165) is 0 Å². The molecule has 2 rings (SSSR count). The first-order valence-electron chi connectivity index (χ1n) is 4.36. The molecule has 0 aromatic heterocycles. The van der Waals surface area contributed by atoms with Crippen LogP contribution in [0.5, 0.6) is 0 Å². The molecule has 0 atom stereocenters. The molecule has 1 saturated carbocycles. The molecule has 1 N–H and O–H groups in total. The lowest BCUT2D eigenvalue weighted by atomic mass is 9.62. The molecule has 0 bridgehead atoms. The molecule has 1 heterocycles. The predicted octanol–water partition coefficient (Wildman–Crippen LogP) is 1.01. The first-order chi connectivity index (χ1) is 5.89. The first-order valence-corrected chi connectivity index (χ1v) is 4.36. The molecule has 1 aliphatic heterocycles. The molecule has 5 heteroatoms. The molecular formula is C8H12F3NO. The molecule has 0 aromatic carbocycles. The Kier molecular flexibility index (Phi) is 1.86. The maximum absolute atomic E-state index is 11.9. The highest BCUT2D eigenvalue weighted by Crippen LogP contribution is 2.48. The minimum Gasteiger partial charge on any atom is -0.393 e. The van der Waals surface area contributed by atoms with Crippen molar-refractivity contribution in [3.8, 4) is 0 Å². The molecule has 1 spiro atoms. The Bertz CT molecular complexity index is 202. The SMILES string of the molecule is OC1CC2(C1)CN(CC(F)(F)F)C2. The van der Waals surface area contributed by atoms with Crippen LogP contribution in [-0.4, -0.2) is 41.9 Å². The number of nitrogens with zero attached hydrogens (tertiary/aromatic N) is 1. The fourth-order valence-corrected chi connectivity index (χ4v) is 2.47. The van der Waals surface area contributed by atoms with Crippen LogP contribution < -0.4 is 0 Å². The Morgan fingerprint density at radius 3 is 2.23 bits per heavy atom. The van der Waals surface area contributed by atoms with E-state index in [0.29, 0.717) is 25.9 Å². The highest BCUT2D eigenvalue weighted by atomic mass is 19.4. The van der Waals surface area contributed by atoms with E-state index in [9.17, 15) is 13.2 Å². The van der Waals surface area contributed by atoms with E-state index >= 15 is 0 Å². The molecule has 0 unspecified atom stereocenters. The third kappa shape index (κ3) is 1.81. The van der Waals surface area contributed by atoms with Crippen LogP contribution in [0.2, 0.25) is 0 Å². The normalized spacial score (nSPS) is 28.6. The highest BCUT2D eigenvalue weighted by molar-refractivity contribution is 5.04. The highest BCUT2D eigenvalue weighted by Gasteiger charge is 2.53. The summed E-state index contributed by atoms with van der Waals surface area (Å²) < 4.78 is 35.7. The van der Waals surface area contributed by atoms with E-state index in [1.165, 1.54) is 4.90 Å². The van der Waals surface area contributed by atoms with Gasteiger partial charge in [0.1, 0.15) is 0 Å². The number of aliphatic hydroxyl groups excluding tert-OH is 1. The van der Waals surface area contributed by atoms with Crippen LogP contribution >= 0.6 is 0 Å². The average Bonchev–Trinajstić information content (AvgIpc) is 1.76. The number of alkyl halides is 3. The largest absolute Gasteiger partial charge is 0.401 e. The van der Waals surface area contributed by atoms with Gasteiger partial charge < -0.3 is 5.11 Å². The zero-order valence-electron chi connectivity index (χ0n) is 7.14. The summed E-state index contributed by atoms with van der Waals surface area (Å²) in [5.74, 6) is 0. The van der Waals surface area contributed by atoms with Crippen molar-refractivity contribution in [2.75, 3.05) is 19.6 Å². The molecule has 0 aromatic rings. The summed E-state index contributed by atoms with van der Waals surface area (Å²) in [7, 11) is 0. The van der Waals surface area contributed by atoms with Gasteiger partial charge in [-0.05, 0) is 12.8 Å². The molecule has 0 amide bonds. The topological polar surface area (TPSA) is 23.5 Å². The summed E-state index contributed by atoms with van der Waals surface area (Å²) in [5, 5.41) is 9.03. The number of rotatable bonds is 1. The second kappa shape index (κ2) is 2.60. The van der Waals surface area contributed by atoms with Gasteiger partial charge in [-0.3, -0.25) is 4.90 Å². The van der Waals surface area contributed by atoms with Gasteiger partial charge in [0.2, 0.25) is 0 Å². The van der Waals surface area contributed by atoms with E-state index in [4.69, 9.17) is 5.11 Å². The molecule has 2 nitrogen and oxygen atoms in total. The average molecular weight is 195 g/mol. The minimum atomic E-state index is -4.08.